The summed E-state index contributed by atoms with van der Waals surface area (Å²) in [5, 5.41) is 11.1. The first-order valence-corrected chi connectivity index (χ1v) is 14.2. The third-order valence-corrected chi connectivity index (χ3v) is 6.59. The SMILES string of the molecule is CCCCC(CC(C)(OOC(C)(C)C)OOC(C)(C)C)(C(=O)O)C1(OOC(C)(C)C)CC(C)CC(C)(C)C1. The molecule has 0 aromatic rings. The zero-order valence-corrected chi connectivity index (χ0v) is 26.8. The molecule has 0 aromatic heterocycles. The molecule has 0 amide bonds. The highest BCUT2D eigenvalue weighted by molar-refractivity contribution is 5.76. The van der Waals surface area contributed by atoms with E-state index in [9.17, 15) is 9.90 Å². The quantitative estimate of drug-likeness (QED) is 0.140. The Morgan fingerprint density at radius 3 is 1.66 bits per heavy atom. The number of carbonyl (C=O) groups is 1. The summed E-state index contributed by atoms with van der Waals surface area (Å²) in [7, 11) is 0. The van der Waals surface area contributed by atoms with Crippen molar-refractivity contribution in [3.05, 3.63) is 0 Å². The summed E-state index contributed by atoms with van der Waals surface area (Å²) in [5.74, 6) is -2.32. The van der Waals surface area contributed by atoms with E-state index in [1.54, 1.807) is 6.92 Å². The fraction of sp³-hybridized carbons (Fsp3) is 0.967. The minimum Gasteiger partial charge on any atom is -0.481 e. The van der Waals surface area contributed by atoms with Crippen LogP contribution in [-0.4, -0.2) is 39.3 Å². The van der Waals surface area contributed by atoms with Crippen molar-refractivity contribution >= 4 is 5.97 Å². The van der Waals surface area contributed by atoms with E-state index in [0.29, 0.717) is 25.7 Å². The van der Waals surface area contributed by atoms with Crippen LogP contribution >= 0.6 is 0 Å². The van der Waals surface area contributed by atoms with Crippen LogP contribution < -0.4 is 0 Å². The first kappa shape index (κ1) is 35.3. The van der Waals surface area contributed by atoms with Gasteiger partial charge < -0.3 is 5.11 Å². The van der Waals surface area contributed by atoms with Crippen molar-refractivity contribution in [3.63, 3.8) is 0 Å². The molecule has 1 rings (SSSR count). The maximum absolute atomic E-state index is 13.6. The van der Waals surface area contributed by atoms with Crippen LogP contribution in [0.2, 0.25) is 0 Å². The molecule has 1 saturated carbocycles. The fourth-order valence-electron chi connectivity index (χ4n) is 5.59. The van der Waals surface area contributed by atoms with E-state index in [1.807, 2.05) is 62.3 Å². The standard InChI is InChI=1S/C30H58O8/c1-15-16-17-29(23(31)32,21-28(14,36-33-24(3,4)5)37-34-25(6,7)8)30(38-35-26(9,10)11)19-22(2)18-27(12,13)20-30/h22H,15-21H2,1-14H3,(H,31,32). The lowest BCUT2D eigenvalue weighted by Gasteiger charge is -2.56. The van der Waals surface area contributed by atoms with E-state index < -0.39 is 39.6 Å². The normalized spacial score (nSPS) is 24.7. The molecule has 0 bridgehead atoms. The van der Waals surface area contributed by atoms with Gasteiger partial charge in [0, 0.05) is 6.42 Å². The van der Waals surface area contributed by atoms with Gasteiger partial charge in [-0.15, -0.1) is 0 Å². The van der Waals surface area contributed by atoms with Gasteiger partial charge in [-0.2, -0.15) is 9.78 Å². The molecule has 8 heteroatoms. The van der Waals surface area contributed by atoms with Crippen molar-refractivity contribution in [2.75, 3.05) is 0 Å². The molecule has 0 aromatic carbocycles. The minimum absolute atomic E-state index is 0.0716. The smallest absolute Gasteiger partial charge is 0.312 e. The highest BCUT2D eigenvalue weighted by Crippen LogP contribution is 2.58. The molecule has 0 heterocycles. The van der Waals surface area contributed by atoms with Crippen LogP contribution in [0.4, 0.5) is 0 Å². The first-order valence-electron chi connectivity index (χ1n) is 14.2. The Bertz CT molecular complexity index is 740. The van der Waals surface area contributed by atoms with E-state index in [-0.39, 0.29) is 17.8 Å². The first-order chi connectivity index (χ1) is 16.9. The van der Waals surface area contributed by atoms with Crippen LogP contribution in [0.3, 0.4) is 0 Å². The number of hydrogen-bond acceptors (Lipinski definition) is 7. The Kier molecular flexibility index (Phi) is 11.5. The van der Waals surface area contributed by atoms with Crippen molar-refractivity contribution in [1.82, 2.24) is 0 Å². The van der Waals surface area contributed by atoms with Crippen molar-refractivity contribution in [1.29, 1.82) is 0 Å². The molecule has 3 atom stereocenters. The number of rotatable bonds is 13. The lowest BCUT2D eigenvalue weighted by molar-refractivity contribution is -0.543. The fourth-order valence-corrected chi connectivity index (χ4v) is 5.59. The average Bonchev–Trinajstić information content (AvgIpc) is 2.69. The van der Waals surface area contributed by atoms with Gasteiger partial charge in [0.1, 0.15) is 11.0 Å². The Morgan fingerprint density at radius 1 is 0.816 bits per heavy atom. The summed E-state index contributed by atoms with van der Waals surface area (Å²) in [6, 6.07) is 0. The molecule has 1 aliphatic carbocycles. The summed E-state index contributed by atoms with van der Waals surface area (Å²) in [5.41, 5.74) is -4.71. The van der Waals surface area contributed by atoms with Crippen LogP contribution in [-0.2, 0) is 34.1 Å². The molecule has 1 aliphatic rings. The number of hydrogen-bond donors (Lipinski definition) is 1. The highest BCUT2D eigenvalue weighted by atomic mass is 17.3. The molecule has 1 N–H and O–H groups in total. The zero-order valence-electron chi connectivity index (χ0n) is 26.8. The zero-order chi connectivity index (χ0) is 29.8. The summed E-state index contributed by atoms with van der Waals surface area (Å²) in [6.07, 6.45) is 3.77. The molecular weight excluding hydrogens is 488 g/mol. The van der Waals surface area contributed by atoms with E-state index in [2.05, 4.69) is 27.7 Å². The average molecular weight is 547 g/mol. The Balaban J connectivity index is 3.81. The molecule has 0 saturated heterocycles. The molecular formula is C30H58O8. The molecule has 38 heavy (non-hydrogen) atoms. The van der Waals surface area contributed by atoms with Crippen LogP contribution in [0, 0.1) is 16.7 Å². The molecule has 226 valence electrons. The van der Waals surface area contributed by atoms with Gasteiger partial charge in [-0.3, -0.25) is 4.79 Å². The second kappa shape index (κ2) is 12.4. The van der Waals surface area contributed by atoms with E-state index in [0.717, 1.165) is 12.8 Å². The third-order valence-electron chi connectivity index (χ3n) is 6.59. The van der Waals surface area contributed by atoms with Gasteiger partial charge in [0.2, 0.25) is 5.79 Å². The van der Waals surface area contributed by atoms with Crippen molar-refractivity contribution in [2.45, 2.75) is 170 Å². The second-order valence-electron chi connectivity index (χ2n) is 15.5. The third kappa shape index (κ3) is 10.7. The predicted octanol–water partition coefficient (Wildman–Crippen LogP) is 8.18. The monoisotopic (exact) mass is 546 g/mol. The maximum atomic E-state index is 13.6. The Labute approximate surface area is 232 Å². The minimum atomic E-state index is -1.56. The summed E-state index contributed by atoms with van der Waals surface area (Å²) in [4.78, 5) is 49.3. The molecule has 3 unspecified atom stereocenters. The van der Waals surface area contributed by atoms with Crippen LogP contribution in [0.5, 0.6) is 0 Å². The lowest BCUT2D eigenvalue weighted by Crippen LogP contribution is -2.62. The van der Waals surface area contributed by atoms with Crippen LogP contribution in [0.15, 0.2) is 0 Å². The molecule has 0 radical (unpaired) electrons. The van der Waals surface area contributed by atoms with Gasteiger partial charge in [-0.1, -0.05) is 40.5 Å². The maximum Gasteiger partial charge on any atom is 0.312 e. The van der Waals surface area contributed by atoms with Crippen LogP contribution in [0.25, 0.3) is 0 Å². The number of carboxylic acids is 1. The molecule has 1 fully saturated rings. The van der Waals surface area contributed by atoms with Crippen molar-refractivity contribution in [3.8, 4) is 0 Å². The van der Waals surface area contributed by atoms with E-state index in [1.165, 1.54) is 0 Å². The summed E-state index contributed by atoms with van der Waals surface area (Å²) < 4.78 is 0. The summed E-state index contributed by atoms with van der Waals surface area (Å²) in [6.45, 7) is 27.0. The largest absolute Gasteiger partial charge is 0.481 e. The van der Waals surface area contributed by atoms with Gasteiger partial charge in [-0.25, -0.2) is 19.6 Å². The number of unbranched alkanes of at least 4 members (excludes halogenated alkanes) is 1. The molecule has 8 nitrogen and oxygen atoms in total. The second-order valence-corrected chi connectivity index (χ2v) is 15.5. The van der Waals surface area contributed by atoms with Gasteiger partial charge >= 0.3 is 5.97 Å². The molecule has 0 spiro atoms. The van der Waals surface area contributed by atoms with Gasteiger partial charge in [-0.05, 0) is 106 Å². The van der Waals surface area contributed by atoms with Crippen LogP contribution in [0.1, 0.15) is 142 Å². The lowest BCUT2D eigenvalue weighted by atomic mass is 9.53. The Hall–Kier alpha value is -0.770. The number of carboxylic acid groups (broad SMARTS) is 1. The van der Waals surface area contributed by atoms with Gasteiger partial charge in [0.05, 0.1) is 16.8 Å². The van der Waals surface area contributed by atoms with Gasteiger partial charge in [0.15, 0.2) is 0 Å². The topological polar surface area (TPSA) is 92.7 Å². The van der Waals surface area contributed by atoms with Gasteiger partial charge in [0.25, 0.3) is 0 Å². The predicted molar refractivity (Wildman–Crippen MR) is 148 cm³/mol. The van der Waals surface area contributed by atoms with E-state index >= 15 is 0 Å². The molecule has 0 aliphatic heterocycles. The summed E-state index contributed by atoms with van der Waals surface area (Å²) >= 11 is 0. The van der Waals surface area contributed by atoms with Crippen molar-refractivity contribution in [2.24, 2.45) is 16.7 Å². The highest BCUT2D eigenvalue weighted by Gasteiger charge is 2.65. The number of aliphatic carboxylic acids is 1. The van der Waals surface area contributed by atoms with E-state index in [4.69, 9.17) is 29.3 Å². The Morgan fingerprint density at radius 2 is 1.29 bits per heavy atom. The van der Waals surface area contributed by atoms with Crippen molar-refractivity contribution < 1.29 is 39.2 Å².